The number of ether oxygens (including phenoxy) is 5. The van der Waals surface area contributed by atoms with Crippen LogP contribution < -0.4 is 29.2 Å². The first-order valence-electron chi connectivity index (χ1n) is 12.8. The normalized spacial score (nSPS) is 12.8. The van der Waals surface area contributed by atoms with Crippen LogP contribution in [-0.4, -0.2) is 60.7 Å². The van der Waals surface area contributed by atoms with Crippen LogP contribution in [0.3, 0.4) is 0 Å². The van der Waals surface area contributed by atoms with Crippen LogP contribution in [0.5, 0.6) is 23.0 Å². The van der Waals surface area contributed by atoms with Gasteiger partial charge in [-0.1, -0.05) is 24.3 Å². The Hall–Kier alpha value is -3.42. The lowest BCUT2D eigenvalue weighted by molar-refractivity contribution is 0.185. The fraction of sp³-hybridized carbons (Fsp3) is 0.400. The predicted molar refractivity (Wildman–Crippen MR) is 148 cm³/mol. The van der Waals surface area contributed by atoms with Crippen molar-refractivity contribution in [3.05, 3.63) is 78.4 Å². The van der Waals surface area contributed by atoms with Crippen molar-refractivity contribution in [3.8, 4) is 23.0 Å². The number of hydrogen-bond donors (Lipinski definition) is 1. The molecule has 7 heteroatoms. The van der Waals surface area contributed by atoms with Gasteiger partial charge in [-0.15, -0.1) is 0 Å². The number of anilines is 1. The van der Waals surface area contributed by atoms with Crippen LogP contribution in [-0.2, 0) is 11.3 Å². The minimum absolute atomic E-state index is 0.657. The van der Waals surface area contributed by atoms with Gasteiger partial charge in [0.05, 0.1) is 34.0 Å². The number of methoxy groups -OCH3 is 3. The summed E-state index contributed by atoms with van der Waals surface area (Å²) in [6.45, 7) is 6.24. The lowest BCUT2D eigenvalue weighted by Gasteiger charge is -2.29. The van der Waals surface area contributed by atoms with Crippen LogP contribution >= 0.6 is 0 Å². The highest BCUT2D eigenvalue weighted by Gasteiger charge is 2.10. The third-order valence-electron chi connectivity index (χ3n) is 5.92. The molecule has 1 aliphatic rings. The number of benzene rings is 3. The summed E-state index contributed by atoms with van der Waals surface area (Å²) in [4.78, 5) is 2.40. The molecule has 0 spiro atoms. The number of rotatable bonds is 12. The van der Waals surface area contributed by atoms with Crippen LogP contribution in [0, 0.1) is 0 Å². The average Bonchev–Trinajstić information content (AvgIpc) is 2.97. The van der Waals surface area contributed by atoms with Crippen LogP contribution in [0.2, 0.25) is 0 Å². The summed E-state index contributed by atoms with van der Waals surface area (Å²) in [7, 11) is 5.00. The maximum absolute atomic E-state index is 5.83. The second-order valence-corrected chi connectivity index (χ2v) is 8.57. The number of piperazine rings is 1. The zero-order chi connectivity index (χ0) is 26.1. The van der Waals surface area contributed by atoms with E-state index in [4.69, 9.17) is 23.7 Å². The zero-order valence-electron chi connectivity index (χ0n) is 22.3. The van der Waals surface area contributed by atoms with Crippen molar-refractivity contribution in [2.24, 2.45) is 0 Å². The topological polar surface area (TPSA) is 61.4 Å². The summed E-state index contributed by atoms with van der Waals surface area (Å²) < 4.78 is 26.9. The summed E-state index contributed by atoms with van der Waals surface area (Å²) in [6.07, 6.45) is 1.89. The molecule has 0 radical (unpaired) electrons. The third kappa shape index (κ3) is 9.86. The van der Waals surface area contributed by atoms with Crippen molar-refractivity contribution < 1.29 is 23.7 Å². The Kier molecular flexibility index (Phi) is 12.4. The highest BCUT2D eigenvalue weighted by molar-refractivity contribution is 5.49. The van der Waals surface area contributed by atoms with Crippen molar-refractivity contribution >= 4 is 5.69 Å². The van der Waals surface area contributed by atoms with Crippen molar-refractivity contribution in [1.82, 2.24) is 5.32 Å². The highest BCUT2D eigenvalue weighted by atomic mass is 16.5. The molecule has 0 saturated carbocycles. The van der Waals surface area contributed by atoms with E-state index < -0.39 is 0 Å². The molecule has 0 amide bonds. The molecule has 1 fully saturated rings. The van der Waals surface area contributed by atoms with Crippen LogP contribution in [0.15, 0.2) is 72.8 Å². The Morgan fingerprint density at radius 2 is 1.30 bits per heavy atom. The molecule has 0 unspecified atom stereocenters. The minimum atomic E-state index is 0.657. The standard InChI is InChI=1S/C21H28N2O3.C9H12O2/c1-24-20-6-2-3-7-21(20)26-17-5-4-16-25-19-10-8-18(9-11-19)23-14-12-22-13-15-23;1-10-7-8-3-5-9(11-2)6-4-8/h2-3,6-11,22H,4-5,12-17H2,1H3;3-6H,7H2,1-2H3. The highest BCUT2D eigenvalue weighted by Crippen LogP contribution is 2.26. The van der Waals surface area contributed by atoms with Gasteiger partial charge in [0, 0.05) is 39.0 Å². The van der Waals surface area contributed by atoms with Gasteiger partial charge in [-0.05, 0) is 66.9 Å². The average molecular weight is 509 g/mol. The molecular weight excluding hydrogens is 468 g/mol. The molecule has 7 nitrogen and oxygen atoms in total. The van der Waals surface area contributed by atoms with Crippen molar-refractivity contribution in [2.75, 3.05) is 65.6 Å². The number of nitrogens with zero attached hydrogens (tertiary/aromatic N) is 1. The molecule has 37 heavy (non-hydrogen) atoms. The van der Waals surface area contributed by atoms with E-state index in [9.17, 15) is 0 Å². The lowest BCUT2D eigenvalue weighted by atomic mass is 10.2. The lowest BCUT2D eigenvalue weighted by Crippen LogP contribution is -2.43. The van der Waals surface area contributed by atoms with Gasteiger partial charge in [0.1, 0.15) is 11.5 Å². The maximum atomic E-state index is 5.83. The zero-order valence-corrected chi connectivity index (χ0v) is 22.3. The summed E-state index contributed by atoms with van der Waals surface area (Å²) in [5.74, 6) is 3.37. The molecular formula is C30H40N2O5. The monoisotopic (exact) mass is 508 g/mol. The first-order valence-corrected chi connectivity index (χ1v) is 12.8. The van der Waals surface area contributed by atoms with Gasteiger partial charge in [-0.25, -0.2) is 0 Å². The first kappa shape index (κ1) is 28.2. The summed E-state index contributed by atoms with van der Waals surface area (Å²) in [5, 5.41) is 3.37. The van der Waals surface area contributed by atoms with E-state index in [0.29, 0.717) is 19.8 Å². The fourth-order valence-electron chi connectivity index (χ4n) is 3.88. The molecule has 3 aromatic carbocycles. The predicted octanol–water partition coefficient (Wildman–Crippen LogP) is 5.18. The van der Waals surface area contributed by atoms with Gasteiger partial charge >= 0.3 is 0 Å². The van der Waals surface area contributed by atoms with E-state index in [-0.39, 0.29) is 0 Å². The van der Waals surface area contributed by atoms with E-state index in [2.05, 4.69) is 34.5 Å². The molecule has 1 N–H and O–H groups in total. The Morgan fingerprint density at radius 1 is 0.676 bits per heavy atom. The Balaban J connectivity index is 0.000000289. The summed E-state index contributed by atoms with van der Waals surface area (Å²) in [6, 6.07) is 23.9. The quantitative estimate of drug-likeness (QED) is 0.338. The van der Waals surface area contributed by atoms with Crippen LogP contribution in [0.4, 0.5) is 5.69 Å². The molecule has 1 saturated heterocycles. The van der Waals surface area contributed by atoms with Crippen LogP contribution in [0.1, 0.15) is 18.4 Å². The van der Waals surface area contributed by atoms with Crippen LogP contribution in [0.25, 0.3) is 0 Å². The van der Waals surface area contributed by atoms with Crippen molar-refractivity contribution in [1.29, 1.82) is 0 Å². The summed E-state index contributed by atoms with van der Waals surface area (Å²) >= 11 is 0. The van der Waals surface area contributed by atoms with Gasteiger partial charge < -0.3 is 33.9 Å². The number of unbranched alkanes of at least 4 members (excludes halogenated alkanes) is 1. The first-order chi connectivity index (χ1) is 18.2. The van der Waals surface area contributed by atoms with Crippen molar-refractivity contribution in [3.63, 3.8) is 0 Å². The van der Waals surface area contributed by atoms with E-state index in [1.807, 2.05) is 48.5 Å². The smallest absolute Gasteiger partial charge is 0.161 e. The third-order valence-corrected chi connectivity index (χ3v) is 5.92. The van der Waals surface area contributed by atoms with E-state index in [0.717, 1.165) is 67.6 Å². The van der Waals surface area contributed by atoms with Gasteiger partial charge in [0.25, 0.3) is 0 Å². The van der Waals surface area contributed by atoms with Gasteiger partial charge in [0.2, 0.25) is 0 Å². The Bertz CT molecular complexity index is 1010. The summed E-state index contributed by atoms with van der Waals surface area (Å²) in [5.41, 5.74) is 2.43. The number of para-hydroxylation sites is 2. The molecule has 4 rings (SSSR count). The molecule has 3 aromatic rings. The molecule has 200 valence electrons. The van der Waals surface area contributed by atoms with E-state index in [1.165, 1.54) is 5.69 Å². The molecule has 0 bridgehead atoms. The number of nitrogens with one attached hydrogen (secondary N) is 1. The van der Waals surface area contributed by atoms with E-state index >= 15 is 0 Å². The fourth-order valence-corrected chi connectivity index (χ4v) is 3.88. The minimum Gasteiger partial charge on any atom is -0.497 e. The number of hydrogen-bond acceptors (Lipinski definition) is 7. The maximum Gasteiger partial charge on any atom is 0.161 e. The van der Waals surface area contributed by atoms with Gasteiger partial charge in [-0.3, -0.25) is 0 Å². The Morgan fingerprint density at radius 3 is 1.92 bits per heavy atom. The van der Waals surface area contributed by atoms with Crippen molar-refractivity contribution in [2.45, 2.75) is 19.4 Å². The second-order valence-electron chi connectivity index (χ2n) is 8.57. The molecule has 1 heterocycles. The second kappa shape index (κ2) is 16.3. The van der Waals surface area contributed by atoms with Gasteiger partial charge in [0.15, 0.2) is 11.5 Å². The molecule has 0 atom stereocenters. The van der Waals surface area contributed by atoms with E-state index in [1.54, 1.807) is 21.3 Å². The molecule has 0 aromatic heterocycles. The van der Waals surface area contributed by atoms with Gasteiger partial charge in [-0.2, -0.15) is 0 Å². The largest absolute Gasteiger partial charge is 0.497 e. The Labute approximate surface area is 221 Å². The molecule has 1 aliphatic heterocycles. The SMILES string of the molecule is COCc1ccc(OC)cc1.COc1ccccc1OCCCCOc1ccc(N2CCNCC2)cc1. The molecule has 0 aliphatic carbocycles.